The van der Waals surface area contributed by atoms with E-state index in [1.54, 1.807) is 6.07 Å². The normalized spacial score (nSPS) is 32.2. The van der Waals surface area contributed by atoms with Gasteiger partial charge in [-0.05, 0) is 24.5 Å². The molecular weight excluding hydrogens is 518 g/mol. The lowest BCUT2D eigenvalue weighted by atomic mass is 9.84. The fourth-order valence-electron chi connectivity index (χ4n) is 6.54. The number of nitrogens with one attached hydrogen (secondary N) is 2. The quantitative estimate of drug-likeness (QED) is 0.183. The van der Waals surface area contributed by atoms with Crippen LogP contribution in [0.25, 0.3) is 0 Å². The number of fused-ring (bicyclic) bond motifs is 1. The topological polar surface area (TPSA) is 199 Å². The molecule has 4 heterocycles. The van der Waals surface area contributed by atoms with Crippen molar-refractivity contribution < 1.29 is 33.4 Å². The van der Waals surface area contributed by atoms with Crippen molar-refractivity contribution in [3.05, 3.63) is 34.9 Å². The van der Waals surface area contributed by atoms with Crippen LogP contribution in [0.3, 0.4) is 0 Å². The number of carbonyl (C=O) groups is 3. The van der Waals surface area contributed by atoms with Crippen molar-refractivity contribution in [2.24, 2.45) is 21.5 Å². The molecule has 39 heavy (non-hydrogen) atoms. The van der Waals surface area contributed by atoms with E-state index in [2.05, 4.69) is 20.6 Å². The molecule has 1 unspecified atom stereocenters. The molecule has 0 saturated carbocycles. The molecule has 2 fully saturated rings. The second kappa shape index (κ2) is 8.32. The van der Waals surface area contributed by atoms with E-state index in [0.29, 0.717) is 12.0 Å². The number of hydrogen-bond donors (Lipinski definition) is 6. The zero-order valence-electron chi connectivity index (χ0n) is 20.7. The first-order chi connectivity index (χ1) is 18.4. The van der Waals surface area contributed by atoms with Crippen molar-refractivity contribution in [2.75, 3.05) is 13.1 Å². The number of aliphatic hydroxyl groups is 2. The lowest BCUT2D eigenvalue weighted by Crippen LogP contribution is -2.78. The summed E-state index contributed by atoms with van der Waals surface area (Å²) < 4.78 is 29.7. The number of carbonyl (C=O) groups excluding carboxylic acids is 3. The number of alkyl halides is 2. The zero-order valence-corrected chi connectivity index (χ0v) is 20.7. The Labute approximate surface area is 220 Å². The number of rotatable bonds is 4. The van der Waals surface area contributed by atoms with E-state index >= 15 is 0 Å². The molecule has 2 saturated heterocycles. The number of nitrogens with zero attached hydrogens (tertiary/aromatic N) is 4. The molecular formula is C24H28F2N8O5. The maximum absolute atomic E-state index is 14.8. The van der Waals surface area contributed by atoms with Crippen molar-refractivity contribution in [3.8, 4) is 0 Å². The average molecular weight is 547 g/mol. The number of amides is 3. The number of aryl methyl sites for hydroxylation is 1. The van der Waals surface area contributed by atoms with Gasteiger partial charge in [-0.15, -0.1) is 0 Å². The number of guanidine groups is 2. The summed E-state index contributed by atoms with van der Waals surface area (Å²) in [6.07, 6.45) is 0.389. The lowest BCUT2D eigenvalue weighted by molar-refractivity contribution is -0.230. The summed E-state index contributed by atoms with van der Waals surface area (Å²) in [7, 11) is 0. The molecule has 15 heteroatoms. The second-order valence-electron chi connectivity index (χ2n) is 10.6. The molecule has 0 bridgehead atoms. The van der Waals surface area contributed by atoms with E-state index < -0.39 is 59.6 Å². The summed E-state index contributed by atoms with van der Waals surface area (Å²) >= 11 is 0. The second-order valence-corrected chi connectivity index (χ2v) is 10.6. The third-order valence-corrected chi connectivity index (χ3v) is 8.33. The number of imide groups is 1. The third kappa shape index (κ3) is 3.52. The van der Waals surface area contributed by atoms with Crippen LogP contribution in [0.5, 0.6) is 0 Å². The molecule has 6 rings (SSSR count). The maximum atomic E-state index is 14.8. The van der Waals surface area contributed by atoms with Gasteiger partial charge in [-0.2, -0.15) is 0 Å². The standard InChI is InChI=1S/C24H28F2N8O5/c25-22(26)8-2-4-11-3-1-5-12(17(11)22)19(37)30-14-10-34-21(28)29-13(9-33-15(35)6-7-16(33)36)18-23(34,24(14,38)39)32-20(27)31-18/h1,3,5,13-14,18,38-39H,2,4,6-10H2,(H2,28,29)(H,30,37)(H3,27,31,32)/t13-,14-,18-,23?/m0/s1. The van der Waals surface area contributed by atoms with Crippen LogP contribution < -0.4 is 22.1 Å². The third-order valence-electron chi connectivity index (χ3n) is 8.33. The molecule has 4 atom stereocenters. The molecule has 1 aromatic carbocycles. The first-order valence-electron chi connectivity index (χ1n) is 12.7. The predicted molar refractivity (Wildman–Crippen MR) is 131 cm³/mol. The van der Waals surface area contributed by atoms with Crippen molar-refractivity contribution in [3.63, 3.8) is 0 Å². The van der Waals surface area contributed by atoms with Gasteiger partial charge >= 0.3 is 0 Å². The average Bonchev–Trinajstić information content (AvgIpc) is 3.46. The molecule has 208 valence electrons. The minimum atomic E-state index is -3.21. The molecule has 8 N–H and O–H groups in total. The fraction of sp³-hybridized carbons (Fsp3) is 0.542. The monoisotopic (exact) mass is 546 g/mol. The van der Waals surface area contributed by atoms with Gasteiger partial charge in [0, 0.05) is 36.9 Å². The Morgan fingerprint density at radius 1 is 1.15 bits per heavy atom. The molecule has 1 aromatic rings. The first kappa shape index (κ1) is 25.4. The Morgan fingerprint density at radius 2 is 1.87 bits per heavy atom. The summed E-state index contributed by atoms with van der Waals surface area (Å²) in [5.74, 6) is -8.05. The van der Waals surface area contributed by atoms with E-state index in [0.717, 1.165) is 4.90 Å². The highest BCUT2D eigenvalue weighted by Crippen LogP contribution is 2.46. The van der Waals surface area contributed by atoms with Crippen LogP contribution >= 0.6 is 0 Å². The number of nitrogens with two attached hydrogens (primary N) is 2. The molecule has 5 aliphatic rings. The van der Waals surface area contributed by atoms with E-state index in [4.69, 9.17) is 11.5 Å². The minimum Gasteiger partial charge on any atom is -0.370 e. The molecule has 0 aromatic heterocycles. The van der Waals surface area contributed by atoms with Gasteiger partial charge in [0.05, 0.1) is 12.6 Å². The van der Waals surface area contributed by atoms with E-state index in [9.17, 15) is 33.4 Å². The predicted octanol–water partition coefficient (Wildman–Crippen LogP) is -1.96. The highest BCUT2D eigenvalue weighted by molar-refractivity contribution is 6.02. The Bertz CT molecular complexity index is 1330. The van der Waals surface area contributed by atoms with Crippen LogP contribution in [0.4, 0.5) is 8.78 Å². The molecule has 0 radical (unpaired) electrons. The zero-order chi connectivity index (χ0) is 27.9. The smallest absolute Gasteiger partial charge is 0.274 e. The minimum absolute atomic E-state index is 0.0522. The van der Waals surface area contributed by atoms with Crippen LogP contribution in [0.15, 0.2) is 28.2 Å². The van der Waals surface area contributed by atoms with Gasteiger partial charge in [-0.1, -0.05) is 12.1 Å². The van der Waals surface area contributed by atoms with Crippen molar-refractivity contribution in [2.45, 2.75) is 67.6 Å². The molecule has 13 nitrogen and oxygen atoms in total. The van der Waals surface area contributed by atoms with E-state index in [1.807, 2.05) is 0 Å². The number of benzene rings is 1. The van der Waals surface area contributed by atoms with Crippen LogP contribution in [0.1, 0.15) is 47.2 Å². The maximum Gasteiger partial charge on any atom is 0.274 e. The fourth-order valence-corrected chi connectivity index (χ4v) is 6.54. The molecule has 4 aliphatic heterocycles. The highest BCUT2D eigenvalue weighted by Gasteiger charge is 2.73. The lowest BCUT2D eigenvalue weighted by Gasteiger charge is -2.49. The highest BCUT2D eigenvalue weighted by atomic mass is 19.3. The summed E-state index contributed by atoms with van der Waals surface area (Å²) in [6.45, 7) is -0.491. The van der Waals surface area contributed by atoms with Crippen molar-refractivity contribution >= 4 is 29.6 Å². The van der Waals surface area contributed by atoms with Crippen molar-refractivity contribution in [1.82, 2.24) is 20.4 Å². The van der Waals surface area contributed by atoms with E-state index in [-0.39, 0.29) is 55.4 Å². The number of hydrogen-bond acceptors (Lipinski definition) is 11. The van der Waals surface area contributed by atoms with Gasteiger partial charge < -0.3 is 37.2 Å². The Hall–Kier alpha value is -3.85. The SMILES string of the molecule is NC1=N[C@H]2[C@H](CN3C(=O)CCC3=O)N=C(N)N3C[C@H](NC(=O)c4cccc5c4C(F)(F)CCC5)C(O)(O)C23N1. The van der Waals surface area contributed by atoms with Gasteiger partial charge in [0.25, 0.3) is 11.8 Å². The van der Waals surface area contributed by atoms with Crippen LogP contribution in [0, 0.1) is 0 Å². The van der Waals surface area contributed by atoms with E-state index in [1.165, 1.54) is 17.0 Å². The van der Waals surface area contributed by atoms with Crippen molar-refractivity contribution in [1.29, 1.82) is 0 Å². The number of likely N-dealkylation sites (tertiary alicyclic amines) is 1. The van der Waals surface area contributed by atoms with Gasteiger partial charge in [-0.3, -0.25) is 19.3 Å². The van der Waals surface area contributed by atoms with Crippen LogP contribution in [-0.2, 0) is 21.9 Å². The van der Waals surface area contributed by atoms with Crippen LogP contribution in [-0.4, -0.2) is 92.3 Å². The van der Waals surface area contributed by atoms with Gasteiger partial charge in [0.1, 0.15) is 12.1 Å². The first-order valence-corrected chi connectivity index (χ1v) is 12.7. The number of halogens is 2. The summed E-state index contributed by atoms with van der Waals surface area (Å²) in [5.41, 5.74) is 10.0. The van der Waals surface area contributed by atoms with Crippen LogP contribution in [0.2, 0.25) is 0 Å². The number of aliphatic imine (C=N–C) groups is 2. The summed E-state index contributed by atoms with van der Waals surface area (Å²) in [5, 5.41) is 28.4. The molecule has 3 amide bonds. The molecule has 1 aliphatic carbocycles. The Kier molecular flexibility index (Phi) is 5.43. The summed E-state index contributed by atoms with van der Waals surface area (Å²) in [4.78, 5) is 48.8. The Balaban J connectivity index is 1.33. The largest absolute Gasteiger partial charge is 0.370 e. The Morgan fingerprint density at radius 3 is 2.59 bits per heavy atom. The van der Waals surface area contributed by atoms with Gasteiger partial charge in [0.2, 0.25) is 17.6 Å². The summed E-state index contributed by atoms with van der Waals surface area (Å²) in [6, 6.07) is 0.785. The molecule has 1 spiro atoms. The van der Waals surface area contributed by atoms with Gasteiger partial charge in [-0.25, -0.2) is 18.8 Å². The van der Waals surface area contributed by atoms with Gasteiger partial charge in [0.15, 0.2) is 17.6 Å².